The second-order valence-electron chi connectivity index (χ2n) is 8.78. The fraction of sp³-hybridized carbons (Fsp3) is 0.0882. The van der Waals surface area contributed by atoms with E-state index < -0.39 is 0 Å². The first-order chi connectivity index (χ1) is 18.0. The van der Waals surface area contributed by atoms with Crippen molar-refractivity contribution in [2.24, 2.45) is 11.5 Å². The molecule has 0 atom stereocenters. The maximum absolute atomic E-state index is 7.29. The Labute approximate surface area is 220 Å². The first kappa shape index (κ1) is 27.1. The van der Waals surface area contributed by atoms with Gasteiger partial charge in [-0.05, 0) is 41.7 Å². The number of nitrogen functional groups attached to an aromatic ring is 1. The second kappa shape index (κ2) is 14.2. The third-order valence-corrected chi connectivity index (χ3v) is 5.82. The Balaban J connectivity index is 0.000000161. The molecule has 3 heteroatoms. The van der Waals surface area contributed by atoms with Gasteiger partial charge in [0.25, 0.3) is 0 Å². The number of hydrogen-bond acceptors (Lipinski definition) is 2. The van der Waals surface area contributed by atoms with E-state index in [0.717, 1.165) is 11.1 Å². The van der Waals surface area contributed by atoms with Gasteiger partial charge in [0.1, 0.15) is 5.84 Å². The van der Waals surface area contributed by atoms with Crippen molar-refractivity contribution in [2.75, 3.05) is 0 Å². The minimum atomic E-state index is 0.106. The summed E-state index contributed by atoms with van der Waals surface area (Å²) >= 11 is 0. The molecule has 3 nitrogen and oxygen atoms in total. The van der Waals surface area contributed by atoms with E-state index in [1.165, 1.54) is 33.4 Å². The lowest BCUT2D eigenvalue weighted by molar-refractivity contribution is 1.07. The van der Waals surface area contributed by atoms with Crippen molar-refractivity contribution >= 4 is 5.84 Å². The van der Waals surface area contributed by atoms with Crippen LogP contribution in [0.3, 0.4) is 0 Å². The summed E-state index contributed by atoms with van der Waals surface area (Å²) in [5, 5.41) is 7.29. The van der Waals surface area contributed by atoms with Crippen LogP contribution in [0.15, 0.2) is 133 Å². The van der Waals surface area contributed by atoms with Crippen LogP contribution in [0.25, 0.3) is 22.3 Å². The van der Waals surface area contributed by atoms with Crippen molar-refractivity contribution in [3.05, 3.63) is 156 Å². The second-order valence-corrected chi connectivity index (χ2v) is 8.78. The first-order valence-electron chi connectivity index (χ1n) is 12.3. The van der Waals surface area contributed by atoms with Gasteiger partial charge in [-0.2, -0.15) is 0 Å². The van der Waals surface area contributed by atoms with Crippen LogP contribution in [0.1, 0.15) is 22.3 Å². The largest absolute Gasteiger partial charge is 0.384 e. The zero-order chi connectivity index (χ0) is 26.5. The number of rotatable bonds is 4. The molecule has 5 aromatic carbocycles. The van der Waals surface area contributed by atoms with E-state index in [-0.39, 0.29) is 5.84 Å². The van der Waals surface area contributed by atoms with Gasteiger partial charge in [0.05, 0.1) is 0 Å². The van der Waals surface area contributed by atoms with Gasteiger partial charge in [-0.3, -0.25) is 5.41 Å². The summed E-state index contributed by atoms with van der Waals surface area (Å²) < 4.78 is 0. The molecule has 5 N–H and O–H groups in total. The SMILES string of the molecule is Cc1ccc(C)cc1.N=C(N)c1ccc(-c2ccccc2)cc1.NCc1ccc(-c2ccccc2)cc1. The molecule has 0 aliphatic carbocycles. The van der Waals surface area contributed by atoms with Gasteiger partial charge in [-0.25, -0.2) is 0 Å². The Kier molecular flexibility index (Phi) is 10.4. The quantitative estimate of drug-likeness (QED) is 0.180. The molecule has 5 aromatic rings. The Morgan fingerprint density at radius 3 is 1.22 bits per heavy atom. The Morgan fingerprint density at radius 2 is 0.865 bits per heavy atom. The lowest BCUT2D eigenvalue weighted by atomic mass is 10.0. The molecule has 0 amide bonds. The van der Waals surface area contributed by atoms with E-state index in [1.807, 2.05) is 60.7 Å². The molecule has 0 radical (unpaired) electrons. The average molecular weight is 486 g/mol. The van der Waals surface area contributed by atoms with Gasteiger partial charge in [0, 0.05) is 12.1 Å². The van der Waals surface area contributed by atoms with Crippen molar-refractivity contribution in [1.29, 1.82) is 5.41 Å². The van der Waals surface area contributed by atoms with Crippen LogP contribution in [0, 0.1) is 19.3 Å². The van der Waals surface area contributed by atoms with Gasteiger partial charge in [0.2, 0.25) is 0 Å². The van der Waals surface area contributed by atoms with Gasteiger partial charge < -0.3 is 11.5 Å². The van der Waals surface area contributed by atoms with Crippen LogP contribution in [0.2, 0.25) is 0 Å². The smallest absolute Gasteiger partial charge is 0.122 e. The third kappa shape index (κ3) is 8.92. The highest BCUT2D eigenvalue weighted by Gasteiger charge is 1.98. The summed E-state index contributed by atoms with van der Waals surface area (Å²) in [5.41, 5.74) is 20.3. The molecular weight excluding hydrogens is 450 g/mol. The van der Waals surface area contributed by atoms with E-state index in [0.29, 0.717) is 6.54 Å². The number of amidine groups is 1. The Bertz CT molecular complexity index is 1320. The van der Waals surface area contributed by atoms with Crippen molar-refractivity contribution in [2.45, 2.75) is 20.4 Å². The number of nitrogens with two attached hydrogens (primary N) is 2. The molecule has 0 aromatic heterocycles. The van der Waals surface area contributed by atoms with Crippen LogP contribution in [0.5, 0.6) is 0 Å². The summed E-state index contributed by atoms with van der Waals surface area (Å²) in [6.07, 6.45) is 0. The van der Waals surface area contributed by atoms with Crippen molar-refractivity contribution in [3.63, 3.8) is 0 Å². The molecule has 0 aliphatic heterocycles. The molecule has 0 fully saturated rings. The fourth-order valence-electron chi connectivity index (χ4n) is 3.57. The summed E-state index contributed by atoms with van der Waals surface area (Å²) in [6, 6.07) is 45.0. The standard InChI is InChI=1S/C13H12N2.C13H13N.C8H10/c14-13(15)12-8-6-11(7-9-12)10-4-2-1-3-5-10;14-10-11-6-8-13(9-7-11)12-4-2-1-3-5-12;1-7-3-5-8(2)6-4-7/h1-9H,(H3,14,15);1-9H,10,14H2;3-6H,1-2H3. The lowest BCUT2D eigenvalue weighted by Gasteiger charge is -2.02. The molecule has 0 saturated carbocycles. The predicted octanol–water partition coefficient (Wildman–Crippen LogP) is 7.75. The molecule has 0 unspecified atom stereocenters. The molecule has 0 saturated heterocycles. The van der Waals surface area contributed by atoms with Gasteiger partial charge >= 0.3 is 0 Å². The minimum Gasteiger partial charge on any atom is -0.384 e. The van der Waals surface area contributed by atoms with Gasteiger partial charge in [0.15, 0.2) is 0 Å². The van der Waals surface area contributed by atoms with Crippen molar-refractivity contribution in [3.8, 4) is 22.3 Å². The predicted molar refractivity (Wildman–Crippen MR) is 159 cm³/mol. The number of benzene rings is 5. The molecule has 0 spiro atoms. The molecule has 37 heavy (non-hydrogen) atoms. The van der Waals surface area contributed by atoms with Crippen molar-refractivity contribution < 1.29 is 0 Å². The summed E-state index contributed by atoms with van der Waals surface area (Å²) in [5.74, 6) is 0.106. The van der Waals surface area contributed by atoms with E-state index >= 15 is 0 Å². The highest BCUT2D eigenvalue weighted by Crippen LogP contribution is 2.19. The van der Waals surface area contributed by atoms with Gasteiger partial charge in [-0.15, -0.1) is 0 Å². The highest BCUT2D eigenvalue weighted by atomic mass is 14.7. The van der Waals surface area contributed by atoms with Crippen LogP contribution >= 0.6 is 0 Å². The normalized spacial score (nSPS) is 9.81. The summed E-state index contributed by atoms with van der Waals surface area (Å²) in [6.45, 7) is 4.80. The molecule has 186 valence electrons. The van der Waals surface area contributed by atoms with Crippen LogP contribution < -0.4 is 11.5 Å². The van der Waals surface area contributed by atoms with E-state index in [4.69, 9.17) is 16.9 Å². The molecule has 0 heterocycles. The van der Waals surface area contributed by atoms with Gasteiger partial charge in [-0.1, -0.05) is 145 Å². The number of nitrogens with one attached hydrogen (secondary N) is 1. The zero-order valence-electron chi connectivity index (χ0n) is 21.6. The summed E-state index contributed by atoms with van der Waals surface area (Å²) in [7, 11) is 0. The first-order valence-corrected chi connectivity index (χ1v) is 12.3. The minimum absolute atomic E-state index is 0.106. The molecule has 0 aliphatic rings. The topological polar surface area (TPSA) is 75.9 Å². The number of aryl methyl sites for hydroxylation is 2. The van der Waals surface area contributed by atoms with E-state index in [9.17, 15) is 0 Å². The molecule has 5 rings (SSSR count). The average Bonchev–Trinajstić information content (AvgIpc) is 2.96. The van der Waals surface area contributed by atoms with Crippen molar-refractivity contribution in [1.82, 2.24) is 0 Å². The van der Waals surface area contributed by atoms with Crippen LogP contribution in [-0.2, 0) is 6.54 Å². The Hall–Kier alpha value is -4.47. The molecular formula is C34H35N3. The highest BCUT2D eigenvalue weighted by molar-refractivity contribution is 5.95. The Morgan fingerprint density at radius 1 is 0.514 bits per heavy atom. The summed E-state index contributed by atoms with van der Waals surface area (Å²) in [4.78, 5) is 0. The fourth-order valence-corrected chi connectivity index (χ4v) is 3.57. The van der Waals surface area contributed by atoms with E-state index in [2.05, 4.69) is 86.6 Å². The zero-order valence-corrected chi connectivity index (χ0v) is 21.6. The lowest BCUT2D eigenvalue weighted by Crippen LogP contribution is -2.10. The third-order valence-electron chi connectivity index (χ3n) is 5.82. The maximum Gasteiger partial charge on any atom is 0.122 e. The molecule has 0 bridgehead atoms. The maximum atomic E-state index is 7.29. The monoisotopic (exact) mass is 485 g/mol. The number of hydrogen-bond donors (Lipinski definition) is 3. The van der Waals surface area contributed by atoms with E-state index in [1.54, 1.807) is 0 Å². The van der Waals surface area contributed by atoms with Crippen LogP contribution in [0.4, 0.5) is 0 Å². The van der Waals surface area contributed by atoms with Crippen LogP contribution in [-0.4, -0.2) is 5.84 Å².